The van der Waals surface area contributed by atoms with Crippen molar-refractivity contribution < 1.29 is 9.53 Å². The van der Waals surface area contributed by atoms with Gasteiger partial charge in [-0.2, -0.15) is 0 Å². The lowest BCUT2D eigenvalue weighted by molar-refractivity contribution is -0.123. The number of rotatable bonds is 7. The quantitative estimate of drug-likeness (QED) is 0.339. The lowest BCUT2D eigenvalue weighted by Gasteiger charge is -2.14. The van der Waals surface area contributed by atoms with Crippen LogP contribution in [0, 0.1) is 5.41 Å². The third-order valence-corrected chi connectivity index (χ3v) is 5.26. The summed E-state index contributed by atoms with van der Waals surface area (Å²) in [5, 5.41) is 13.8. The number of nitrogens with two attached hydrogens (primary N) is 1. The van der Waals surface area contributed by atoms with E-state index < -0.39 is 0 Å². The van der Waals surface area contributed by atoms with E-state index in [2.05, 4.69) is 22.8 Å². The predicted octanol–water partition coefficient (Wildman–Crippen LogP) is 5.15. The molecule has 7 heteroatoms. The van der Waals surface area contributed by atoms with E-state index in [1.54, 1.807) is 6.07 Å². The number of nitrogen functional groups attached to an aromatic ring is 1. The number of hydrogen-bond donors (Lipinski definition) is 4. The molecule has 3 rings (SSSR count). The SMILES string of the molecule is CC1=CCCCC=C(c2cccc(OCC(=O)NC(C)C)c2)N=C1Nc1ccc(N)c(C=N)c1. The number of amidine groups is 1. The average Bonchev–Trinajstić information content (AvgIpc) is 2.90. The van der Waals surface area contributed by atoms with E-state index in [1.165, 1.54) is 6.21 Å². The maximum atomic E-state index is 11.9. The predicted molar refractivity (Wildman–Crippen MR) is 141 cm³/mol. The minimum absolute atomic E-state index is 0.0366. The Bertz CT molecular complexity index is 1130. The molecule has 0 bridgehead atoms. The fraction of sp³-hybridized carbons (Fsp3) is 0.296. The number of allylic oxidation sites excluding steroid dienone is 2. The minimum Gasteiger partial charge on any atom is -0.484 e. The fourth-order valence-electron chi connectivity index (χ4n) is 3.51. The third-order valence-electron chi connectivity index (χ3n) is 5.26. The fourth-order valence-corrected chi connectivity index (χ4v) is 3.51. The standard InChI is InChI=1S/C27H33N5O2/c1-18(2)30-26(33)17-34-23-10-7-9-20(15-23)25-11-6-4-5-8-19(3)27(32-25)31-22-12-13-24(29)21(14-22)16-28/h7-16,18,28H,4-6,17,29H2,1-3H3,(H,30,33)(H,31,32). The maximum absolute atomic E-state index is 11.9. The number of nitrogens with zero attached hydrogens (tertiary/aromatic N) is 1. The molecule has 0 aliphatic carbocycles. The zero-order valence-electron chi connectivity index (χ0n) is 20.0. The number of aliphatic imine (C=N–C) groups is 1. The monoisotopic (exact) mass is 459 g/mol. The Morgan fingerprint density at radius 3 is 2.76 bits per heavy atom. The normalized spacial score (nSPS) is 14.1. The van der Waals surface area contributed by atoms with Crippen LogP contribution in [0.5, 0.6) is 5.75 Å². The Morgan fingerprint density at radius 2 is 2.00 bits per heavy atom. The zero-order valence-corrected chi connectivity index (χ0v) is 20.0. The van der Waals surface area contributed by atoms with Crippen molar-refractivity contribution in [3.8, 4) is 5.75 Å². The molecule has 1 amide bonds. The zero-order chi connectivity index (χ0) is 24.5. The molecule has 0 aromatic heterocycles. The van der Waals surface area contributed by atoms with Crippen molar-refractivity contribution in [2.24, 2.45) is 4.99 Å². The molecule has 0 spiro atoms. The smallest absolute Gasteiger partial charge is 0.258 e. The number of hydrogen-bond acceptors (Lipinski definition) is 6. The van der Waals surface area contributed by atoms with Crippen LogP contribution >= 0.6 is 0 Å². The van der Waals surface area contributed by atoms with E-state index in [0.717, 1.165) is 47.6 Å². The first-order valence-corrected chi connectivity index (χ1v) is 11.5. The molecule has 2 aromatic carbocycles. The second-order valence-electron chi connectivity index (χ2n) is 8.52. The van der Waals surface area contributed by atoms with Crippen molar-refractivity contribution in [2.45, 2.75) is 46.1 Å². The number of nitrogens with one attached hydrogen (secondary N) is 3. The summed E-state index contributed by atoms with van der Waals surface area (Å²) in [5.41, 5.74) is 10.7. The van der Waals surface area contributed by atoms with E-state index in [1.807, 2.05) is 57.2 Å². The first-order chi connectivity index (χ1) is 16.4. The summed E-state index contributed by atoms with van der Waals surface area (Å²) in [5.74, 6) is 1.19. The maximum Gasteiger partial charge on any atom is 0.258 e. The molecule has 5 N–H and O–H groups in total. The lowest BCUT2D eigenvalue weighted by atomic mass is 10.1. The third kappa shape index (κ3) is 7.07. The van der Waals surface area contributed by atoms with Gasteiger partial charge in [0, 0.05) is 34.8 Å². The summed E-state index contributed by atoms with van der Waals surface area (Å²) in [4.78, 5) is 16.9. The topological polar surface area (TPSA) is 113 Å². The average molecular weight is 460 g/mol. The molecular formula is C27H33N5O2. The van der Waals surface area contributed by atoms with Gasteiger partial charge in [-0.05, 0) is 75.9 Å². The van der Waals surface area contributed by atoms with Crippen molar-refractivity contribution >= 4 is 35.0 Å². The Labute approximate surface area is 201 Å². The van der Waals surface area contributed by atoms with E-state index in [9.17, 15) is 4.79 Å². The van der Waals surface area contributed by atoms with E-state index >= 15 is 0 Å². The van der Waals surface area contributed by atoms with Crippen molar-refractivity contribution in [1.82, 2.24) is 5.32 Å². The van der Waals surface area contributed by atoms with Crippen LogP contribution < -0.4 is 21.1 Å². The second-order valence-corrected chi connectivity index (χ2v) is 8.52. The molecule has 0 saturated heterocycles. The first kappa shape index (κ1) is 24.8. The molecule has 0 radical (unpaired) electrons. The van der Waals surface area contributed by atoms with Gasteiger partial charge in [0.25, 0.3) is 5.91 Å². The molecule has 1 aliphatic rings. The second kappa shape index (κ2) is 11.8. The minimum atomic E-state index is -0.153. The molecular weight excluding hydrogens is 426 g/mol. The van der Waals surface area contributed by atoms with Gasteiger partial charge in [0.15, 0.2) is 6.61 Å². The highest BCUT2D eigenvalue weighted by molar-refractivity contribution is 6.10. The first-order valence-electron chi connectivity index (χ1n) is 11.5. The van der Waals surface area contributed by atoms with Crippen LogP contribution in [0.2, 0.25) is 0 Å². The van der Waals surface area contributed by atoms with Gasteiger partial charge in [-0.15, -0.1) is 0 Å². The van der Waals surface area contributed by atoms with Crippen LogP contribution in [0.4, 0.5) is 11.4 Å². The van der Waals surface area contributed by atoms with Gasteiger partial charge in [0.2, 0.25) is 0 Å². The Morgan fingerprint density at radius 1 is 1.21 bits per heavy atom. The van der Waals surface area contributed by atoms with Gasteiger partial charge in [0.1, 0.15) is 11.6 Å². The Kier molecular flexibility index (Phi) is 8.62. The van der Waals surface area contributed by atoms with Crippen LogP contribution in [0.3, 0.4) is 0 Å². The summed E-state index contributed by atoms with van der Waals surface area (Å²) in [6, 6.07) is 13.2. The van der Waals surface area contributed by atoms with Crippen LogP contribution in [0.25, 0.3) is 5.70 Å². The van der Waals surface area contributed by atoms with Crippen LogP contribution in [-0.2, 0) is 4.79 Å². The summed E-state index contributed by atoms with van der Waals surface area (Å²) < 4.78 is 5.71. The highest BCUT2D eigenvalue weighted by Crippen LogP contribution is 2.25. The number of ether oxygens (including phenoxy) is 1. The Balaban J connectivity index is 1.88. The van der Waals surface area contributed by atoms with Crippen LogP contribution in [-0.4, -0.2) is 30.6 Å². The lowest BCUT2D eigenvalue weighted by Crippen LogP contribution is -2.34. The number of benzene rings is 2. The van der Waals surface area contributed by atoms with E-state index in [-0.39, 0.29) is 18.6 Å². The van der Waals surface area contributed by atoms with Crippen LogP contribution in [0.1, 0.15) is 51.2 Å². The molecule has 0 atom stereocenters. The molecule has 1 aliphatic heterocycles. The van der Waals surface area contributed by atoms with Crippen LogP contribution in [0.15, 0.2) is 65.2 Å². The van der Waals surface area contributed by atoms with Gasteiger partial charge in [-0.25, -0.2) is 4.99 Å². The number of carbonyl (C=O) groups excluding carboxylic acids is 1. The molecule has 34 heavy (non-hydrogen) atoms. The highest BCUT2D eigenvalue weighted by atomic mass is 16.5. The van der Waals surface area contributed by atoms with Gasteiger partial charge in [0.05, 0.1) is 5.70 Å². The number of anilines is 2. The summed E-state index contributed by atoms with van der Waals surface area (Å²) in [6.07, 6.45) is 8.44. The molecule has 1 heterocycles. The van der Waals surface area contributed by atoms with Crippen molar-refractivity contribution in [3.63, 3.8) is 0 Å². The van der Waals surface area contributed by atoms with Crippen molar-refractivity contribution in [1.29, 1.82) is 5.41 Å². The van der Waals surface area contributed by atoms with Gasteiger partial charge in [-0.3, -0.25) is 4.79 Å². The Hall–Kier alpha value is -3.87. The van der Waals surface area contributed by atoms with Crippen molar-refractivity contribution in [3.05, 3.63) is 71.3 Å². The summed E-state index contributed by atoms with van der Waals surface area (Å²) in [6.45, 7) is 5.83. The largest absolute Gasteiger partial charge is 0.484 e. The number of carbonyl (C=O) groups is 1. The molecule has 0 saturated carbocycles. The molecule has 7 nitrogen and oxygen atoms in total. The molecule has 0 unspecified atom stereocenters. The van der Waals surface area contributed by atoms with E-state index in [4.69, 9.17) is 20.9 Å². The van der Waals surface area contributed by atoms with Gasteiger partial charge in [-0.1, -0.05) is 24.3 Å². The van der Waals surface area contributed by atoms with E-state index in [0.29, 0.717) is 17.0 Å². The molecule has 2 aromatic rings. The van der Waals surface area contributed by atoms with Gasteiger partial charge >= 0.3 is 0 Å². The molecule has 178 valence electrons. The summed E-state index contributed by atoms with van der Waals surface area (Å²) in [7, 11) is 0. The highest BCUT2D eigenvalue weighted by Gasteiger charge is 2.11. The molecule has 0 fully saturated rings. The van der Waals surface area contributed by atoms with Gasteiger partial charge < -0.3 is 26.5 Å². The van der Waals surface area contributed by atoms with Crippen molar-refractivity contribution in [2.75, 3.05) is 17.7 Å². The summed E-state index contributed by atoms with van der Waals surface area (Å²) >= 11 is 0. The number of amides is 1.